The quantitative estimate of drug-likeness (QED) is 0.481. The Balaban J connectivity index is 1.64. The number of ether oxygens (including phenoxy) is 1. The average Bonchev–Trinajstić information content (AvgIpc) is 2.80. The van der Waals surface area contributed by atoms with Gasteiger partial charge in [0.2, 0.25) is 0 Å². The van der Waals surface area contributed by atoms with E-state index in [2.05, 4.69) is 48.9 Å². The monoisotopic (exact) mass is 460 g/mol. The Labute approximate surface area is 201 Å². The second-order valence-electron chi connectivity index (χ2n) is 9.59. The van der Waals surface area contributed by atoms with Crippen LogP contribution in [0.4, 0.5) is 5.69 Å². The van der Waals surface area contributed by atoms with Crippen molar-refractivity contribution < 1.29 is 19.4 Å². The lowest BCUT2D eigenvalue weighted by molar-refractivity contribution is -0.137. The Hall–Kier alpha value is -3.41. The van der Waals surface area contributed by atoms with Gasteiger partial charge in [0.05, 0.1) is 5.57 Å². The molecule has 1 aromatic carbocycles. The van der Waals surface area contributed by atoms with E-state index in [-0.39, 0.29) is 17.6 Å². The molecule has 2 aliphatic rings. The van der Waals surface area contributed by atoms with Crippen LogP contribution in [0.2, 0.25) is 0 Å². The number of aliphatic carboxylic acids is 1. The molecule has 2 heterocycles. The van der Waals surface area contributed by atoms with Crippen LogP contribution in [0.5, 0.6) is 5.75 Å². The number of nitrogens with zero attached hydrogens (tertiary/aromatic N) is 2. The number of carboxylic acids is 1. The molecule has 34 heavy (non-hydrogen) atoms. The maximum Gasteiger partial charge on any atom is 0.303 e. The molecule has 0 saturated carbocycles. The van der Waals surface area contributed by atoms with Gasteiger partial charge in [0, 0.05) is 66.6 Å². The van der Waals surface area contributed by atoms with Crippen LogP contribution in [0.25, 0.3) is 11.6 Å². The largest absolute Gasteiger partial charge is 0.481 e. The molecule has 0 saturated heterocycles. The van der Waals surface area contributed by atoms with E-state index in [1.54, 1.807) is 12.4 Å². The molecule has 0 fully saturated rings. The third-order valence-corrected chi connectivity index (χ3v) is 6.63. The Morgan fingerprint density at radius 3 is 2.62 bits per heavy atom. The van der Waals surface area contributed by atoms with E-state index in [1.165, 1.54) is 0 Å². The Bertz CT molecular complexity index is 1150. The summed E-state index contributed by atoms with van der Waals surface area (Å²) in [6.45, 7) is 7.99. The van der Waals surface area contributed by atoms with E-state index in [4.69, 9.17) is 9.84 Å². The van der Waals surface area contributed by atoms with E-state index in [9.17, 15) is 9.59 Å². The van der Waals surface area contributed by atoms with Gasteiger partial charge in [-0.25, -0.2) is 0 Å². The maximum absolute atomic E-state index is 13.2. The smallest absolute Gasteiger partial charge is 0.303 e. The van der Waals surface area contributed by atoms with E-state index in [0.29, 0.717) is 24.2 Å². The molecule has 0 spiro atoms. The number of aromatic nitrogens is 1. The minimum atomic E-state index is -0.739. The predicted molar refractivity (Wildman–Crippen MR) is 134 cm³/mol. The Kier molecular flexibility index (Phi) is 6.87. The zero-order valence-corrected chi connectivity index (χ0v) is 20.1. The fourth-order valence-electron chi connectivity index (χ4n) is 4.75. The number of hydrogen-bond acceptors (Lipinski definition) is 5. The molecule has 1 aromatic heterocycles. The van der Waals surface area contributed by atoms with Crippen LogP contribution in [0.15, 0.2) is 54.1 Å². The molecule has 178 valence electrons. The minimum Gasteiger partial charge on any atom is -0.481 e. The van der Waals surface area contributed by atoms with Gasteiger partial charge in [-0.15, -0.1) is 0 Å². The van der Waals surface area contributed by atoms with Crippen LogP contribution in [0.1, 0.15) is 64.0 Å². The summed E-state index contributed by atoms with van der Waals surface area (Å²) >= 11 is 0. The zero-order valence-electron chi connectivity index (χ0n) is 20.1. The van der Waals surface area contributed by atoms with Gasteiger partial charge in [0.25, 0.3) is 0 Å². The average molecular weight is 461 g/mol. The number of ketones is 1. The van der Waals surface area contributed by atoms with E-state index >= 15 is 0 Å². The number of carboxylic acid groups (broad SMARTS) is 1. The standard InChI is InChI=1S/C28H32N2O4/c1-4-30(15-7-5-6-8-25(32)33)21-10-9-20-16-22-27(34-24(20)17-21)26(19-11-13-29-14-12-19)23(31)18-28(22,2)3/h9-14,16-17H,4-8,15,18H2,1-3H3,(H,32,33). The molecule has 0 amide bonds. The van der Waals surface area contributed by atoms with Gasteiger partial charge in [-0.1, -0.05) is 20.3 Å². The Morgan fingerprint density at radius 1 is 1.15 bits per heavy atom. The molecular formula is C28H32N2O4. The lowest BCUT2D eigenvalue weighted by Gasteiger charge is -2.37. The number of carbonyl (C=O) groups is 2. The van der Waals surface area contributed by atoms with Crippen molar-refractivity contribution in [3.05, 3.63) is 65.2 Å². The molecule has 1 aliphatic carbocycles. The fourth-order valence-corrected chi connectivity index (χ4v) is 4.75. The molecule has 2 aromatic rings. The number of rotatable bonds is 9. The number of unbranched alkanes of at least 4 members (excludes halogenated alkanes) is 2. The molecule has 1 aliphatic heterocycles. The van der Waals surface area contributed by atoms with Crippen LogP contribution in [-0.4, -0.2) is 34.9 Å². The second-order valence-corrected chi connectivity index (χ2v) is 9.59. The summed E-state index contributed by atoms with van der Waals surface area (Å²) in [4.78, 5) is 30.3. The Morgan fingerprint density at radius 2 is 1.91 bits per heavy atom. The van der Waals surface area contributed by atoms with Crippen LogP contribution < -0.4 is 9.64 Å². The third kappa shape index (κ3) is 4.91. The van der Waals surface area contributed by atoms with Crippen molar-refractivity contribution >= 4 is 29.1 Å². The summed E-state index contributed by atoms with van der Waals surface area (Å²) in [5, 5.41) is 8.82. The van der Waals surface area contributed by atoms with Crippen molar-refractivity contribution in [3.8, 4) is 5.75 Å². The SMILES string of the molecule is CCN(CCCCCC(=O)O)c1ccc2c(c1)OC1=C(c3ccncc3)C(=O)CC(C)(C)C1=C2. The molecule has 6 nitrogen and oxygen atoms in total. The lowest BCUT2D eigenvalue weighted by atomic mass is 9.70. The molecule has 0 atom stereocenters. The number of Topliss-reactive ketones (excluding diaryl/α,β-unsaturated/α-hetero) is 1. The van der Waals surface area contributed by atoms with E-state index in [0.717, 1.165) is 54.1 Å². The highest BCUT2D eigenvalue weighted by atomic mass is 16.5. The van der Waals surface area contributed by atoms with Gasteiger partial charge in [-0.3, -0.25) is 14.6 Å². The molecule has 1 N–H and O–H groups in total. The van der Waals surface area contributed by atoms with Crippen molar-refractivity contribution in [1.29, 1.82) is 0 Å². The molecule has 6 heteroatoms. The summed E-state index contributed by atoms with van der Waals surface area (Å²) in [6, 6.07) is 9.95. The van der Waals surface area contributed by atoms with Crippen molar-refractivity contribution in [2.75, 3.05) is 18.0 Å². The maximum atomic E-state index is 13.2. The first kappa shape index (κ1) is 23.7. The number of pyridine rings is 1. The second kappa shape index (κ2) is 9.84. The minimum absolute atomic E-state index is 0.0829. The van der Waals surface area contributed by atoms with Crippen molar-refractivity contribution in [2.24, 2.45) is 5.41 Å². The van der Waals surface area contributed by atoms with Crippen LogP contribution in [-0.2, 0) is 9.59 Å². The first-order chi connectivity index (χ1) is 16.3. The van der Waals surface area contributed by atoms with Crippen LogP contribution in [0.3, 0.4) is 0 Å². The highest BCUT2D eigenvalue weighted by Gasteiger charge is 2.41. The number of fused-ring (bicyclic) bond motifs is 2. The highest BCUT2D eigenvalue weighted by Crippen LogP contribution is 2.49. The van der Waals surface area contributed by atoms with Gasteiger partial charge in [0.1, 0.15) is 11.5 Å². The predicted octanol–water partition coefficient (Wildman–Crippen LogP) is 5.74. The topological polar surface area (TPSA) is 79.7 Å². The molecule has 0 bridgehead atoms. The number of carbonyl (C=O) groups excluding carboxylic acids is 1. The highest BCUT2D eigenvalue weighted by molar-refractivity contribution is 6.24. The van der Waals surface area contributed by atoms with Crippen LogP contribution >= 0.6 is 0 Å². The first-order valence-corrected chi connectivity index (χ1v) is 12.0. The van der Waals surface area contributed by atoms with Gasteiger partial charge in [-0.2, -0.15) is 0 Å². The number of benzene rings is 1. The zero-order chi connectivity index (χ0) is 24.3. The summed E-state index contributed by atoms with van der Waals surface area (Å²) in [5.41, 5.74) is 4.25. The normalized spacial score (nSPS) is 16.3. The molecular weight excluding hydrogens is 428 g/mol. The fraction of sp³-hybridized carbons (Fsp3) is 0.393. The van der Waals surface area contributed by atoms with Gasteiger partial charge in [0.15, 0.2) is 5.78 Å². The number of anilines is 1. The van der Waals surface area contributed by atoms with Crippen molar-refractivity contribution in [1.82, 2.24) is 4.98 Å². The van der Waals surface area contributed by atoms with Gasteiger partial charge >= 0.3 is 5.97 Å². The third-order valence-electron chi connectivity index (χ3n) is 6.63. The summed E-state index contributed by atoms with van der Waals surface area (Å²) in [5.74, 6) is 0.738. The number of hydrogen-bond donors (Lipinski definition) is 1. The molecule has 0 unspecified atom stereocenters. The summed E-state index contributed by atoms with van der Waals surface area (Å²) in [6.07, 6.45) is 8.73. The summed E-state index contributed by atoms with van der Waals surface area (Å²) in [7, 11) is 0. The van der Waals surface area contributed by atoms with Crippen molar-refractivity contribution in [2.45, 2.75) is 52.9 Å². The van der Waals surface area contributed by atoms with Crippen molar-refractivity contribution in [3.63, 3.8) is 0 Å². The lowest BCUT2D eigenvalue weighted by Crippen LogP contribution is -2.31. The number of allylic oxidation sites excluding steroid dienone is 2. The molecule has 4 rings (SSSR count). The van der Waals surface area contributed by atoms with Gasteiger partial charge < -0.3 is 14.7 Å². The summed E-state index contributed by atoms with van der Waals surface area (Å²) < 4.78 is 6.49. The van der Waals surface area contributed by atoms with E-state index < -0.39 is 5.97 Å². The van der Waals surface area contributed by atoms with Crippen LogP contribution in [0, 0.1) is 5.41 Å². The van der Waals surface area contributed by atoms with E-state index in [1.807, 2.05) is 18.2 Å². The van der Waals surface area contributed by atoms with Gasteiger partial charge in [-0.05, 0) is 55.7 Å². The molecule has 0 radical (unpaired) electrons. The first-order valence-electron chi connectivity index (χ1n) is 12.0.